The molecule has 0 saturated heterocycles. The molecule has 5 nitrogen and oxygen atoms in total. The highest BCUT2D eigenvalue weighted by Crippen LogP contribution is 1.91. The van der Waals surface area contributed by atoms with Gasteiger partial charge in [-0.3, -0.25) is 0 Å². The molecule has 0 heterocycles. The highest BCUT2D eigenvalue weighted by molar-refractivity contribution is 5.26. The number of hydrogen-bond donors (Lipinski definition) is 0. The fourth-order valence-electron chi connectivity index (χ4n) is 1.41. The van der Waals surface area contributed by atoms with Crippen molar-refractivity contribution >= 4 is 0 Å². The van der Waals surface area contributed by atoms with Gasteiger partial charge in [-0.25, -0.2) is 0 Å². The molecule has 0 saturated carbocycles. The molecule has 0 fully saturated rings. The van der Waals surface area contributed by atoms with Crippen LogP contribution in [0.3, 0.4) is 0 Å². The molecule has 0 atom stereocenters. The molecule has 5 heteroatoms. The van der Waals surface area contributed by atoms with Gasteiger partial charge >= 0.3 is 0 Å². The summed E-state index contributed by atoms with van der Waals surface area (Å²) in [5.41, 5.74) is 0. The van der Waals surface area contributed by atoms with Crippen molar-refractivity contribution in [3.8, 4) is 23.7 Å². The van der Waals surface area contributed by atoms with Gasteiger partial charge in [-0.2, -0.15) is 0 Å². The molecule has 0 rings (SSSR count). The topological polar surface area (TPSA) is 46.2 Å². The van der Waals surface area contributed by atoms with E-state index in [4.69, 9.17) is 23.7 Å². The van der Waals surface area contributed by atoms with Gasteiger partial charge in [-0.1, -0.05) is 25.7 Å². The minimum Gasteiger partial charge on any atom is -0.379 e. The molecular weight excluding hydrogens is 308 g/mol. The lowest BCUT2D eigenvalue weighted by Gasteiger charge is -2.07. The Balaban J connectivity index is 3.27. The molecule has 0 spiro atoms. The van der Waals surface area contributed by atoms with Crippen molar-refractivity contribution < 1.29 is 23.7 Å². The van der Waals surface area contributed by atoms with Crippen LogP contribution in [0.15, 0.2) is 0 Å². The van der Waals surface area contributed by atoms with E-state index in [0.717, 1.165) is 6.61 Å². The third-order valence-electron chi connectivity index (χ3n) is 2.46. The van der Waals surface area contributed by atoms with Gasteiger partial charge in [-0.05, 0) is 31.6 Å². The molecule has 0 aliphatic rings. The van der Waals surface area contributed by atoms with Gasteiger partial charge in [0.1, 0.15) is 13.2 Å². The van der Waals surface area contributed by atoms with Crippen LogP contribution in [-0.4, -0.2) is 65.6 Å². The van der Waals surface area contributed by atoms with Crippen LogP contribution in [0.2, 0.25) is 0 Å². The quantitative estimate of drug-likeness (QED) is 0.358. The molecule has 0 aromatic carbocycles. The summed E-state index contributed by atoms with van der Waals surface area (Å²) in [6.45, 7) is 13.1. The molecule has 0 N–H and O–H groups in total. The second kappa shape index (κ2) is 18.3. The van der Waals surface area contributed by atoms with Gasteiger partial charge in [0.15, 0.2) is 0 Å². The van der Waals surface area contributed by atoms with Gasteiger partial charge in [0.25, 0.3) is 0 Å². The summed E-state index contributed by atoms with van der Waals surface area (Å²) in [5.74, 6) is 11.6. The van der Waals surface area contributed by atoms with E-state index in [1.54, 1.807) is 0 Å². The third kappa shape index (κ3) is 20.9. The molecule has 24 heavy (non-hydrogen) atoms. The van der Waals surface area contributed by atoms with E-state index in [1.165, 1.54) is 0 Å². The second-order valence-electron chi connectivity index (χ2n) is 5.71. The van der Waals surface area contributed by atoms with Crippen LogP contribution in [0.25, 0.3) is 0 Å². The van der Waals surface area contributed by atoms with Crippen LogP contribution in [0, 0.1) is 29.6 Å². The molecule has 0 aromatic rings. The Hall–Kier alpha value is -1.08. The molecular formula is C19H32O5. The van der Waals surface area contributed by atoms with Crippen LogP contribution < -0.4 is 0 Å². The molecule has 0 bridgehead atoms. The van der Waals surface area contributed by atoms with Gasteiger partial charge in [-0.15, -0.1) is 0 Å². The molecule has 0 aliphatic carbocycles. The van der Waals surface area contributed by atoms with E-state index in [2.05, 4.69) is 37.5 Å². The smallest absolute Gasteiger partial charge is 0.108 e. The summed E-state index contributed by atoms with van der Waals surface area (Å²) in [5, 5.41) is 0. The van der Waals surface area contributed by atoms with Gasteiger partial charge in [0.2, 0.25) is 0 Å². The van der Waals surface area contributed by atoms with Crippen molar-refractivity contribution in [1.29, 1.82) is 0 Å². The van der Waals surface area contributed by atoms with Crippen LogP contribution >= 0.6 is 0 Å². The van der Waals surface area contributed by atoms with Crippen LogP contribution in [0.4, 0.5) is 0 Å². The third-order valence-corrected chi connectivity index (χ3v) is 2.46. The zero-order valence-corrected chi connectivity index (χ0v) is 15.6. The first kappa shape index (κ1) is 22.9. The van der Waals surface area contributed by atoms with Crippen molar-refractivity contribution in [3.63, 3.8) is 0 Å². The fraction of sp³-hybridized carbons (Fsp3) is 0.789. The Morgan fingerprint density at radius 3 is 1.67 bits per heavy atom. The molecule has 0 aliphatic heterocycles. The Labute approximate surface area is 147 Å². The average Bonchev–Trinajstić information content (AvgIpc) is 2.53. The zero-order valence-electron chi connectivity index (χ0n) is 15.6. The Morgan fingerprint density at radius 2 is 1.12 bits per heavy atom. The van der Waals surface area contributed by atoms with E-state index in [1.807, 2.05) is 13.8 Å². The van der Waals surface area contributed by atoms with Crippen molar-refractivity contribution in [3.05, 3.63) is 0 Å². The van der Waals surface area contributed by atoms with Crippen molar-refractivity contribution in [2.24, 2.45) is 5.92 Å². The number of hydrogen-bond acceptors (Lipinski definition) is 5. The lowest BCUT2D eigenvalue weighted by molar-refractivity contribution is 0.0145. The average molecular weight is 340 g/mol. The van der Waals surface area contributed by atoms with E-state index < -0.39 is 0 Å². The first-order valence-electron chi connectivity index (χ1n) is 8.51. The fourth-order valence-corrected chi connectivity index (χ4v) is 1.41. The van der Waals surface area contributed by atoms with Gasteiger partial charge in [0, 0.05) is 6.61 Å². The van der Waals surface area contributed by atoms with Crippen molar-refractivity contribution in [2.75, 3.05) is 59.5 Å². The van der Waals surface area contributed by atoms with E-state index in [-0.39, 0.29) is 6.10 Å². The van der Waals surface area contributed by atoms with Crippen molar-refractivity contribution in [1.82, 2.24) is 0 Å². The summed E-state index contributed by atoms with van der Waals surface area (Å²) in [7, 11) is 0. The molecule has 0 amide bonds. The maximum atomic E-state index is 5.40. The summed E-state index contributed by atoms with van der Waals surface area (Å²) in [6, 6.07) is 0. The van der Waals surface area contributed by atoms with Gasteiger partial charge < -0.3 is 23.7 Å². The summed E-state index contributed by atoms with van der Waals surface area (Å²) in [6.07, 6.45) is 0.231. The van der Waals surface area contributed by atoms with Gasteiger partial charge in [0.05, 0.1) is 45.7 Å². The molecule has 0 radical (unpaired) electrons. The molecule has 138 valence electrons. The lowest BCUT2D eigenvalue weighted by atomic mass is 10.2. The Kier molecular flexibility index (Phi) is 17.4. The highest BCUT2D eigenvalue weighted by Gasteiger charge is 1.94. The van der Waals surface area contributed by atoms with Crippen LogP contribution in [-0.2, 0) is 23.7 Å². The first-order chi connectivity index (χ1) is 11.6. The highest BCUT2D eigenvalue weighted by atomic mass is 16.5. The zero-order chi connectivity index (χ0) is 17.9. The predicted octanol–water partition coefficient (Wildman–Crippen LogP) is 2.14. The second-order valence-corrected chi connectivity index (χ2v) is 5.71. The predicted molar refractivity (Wildman–Crippen MR) is 94.8 cm³/mol. The normalized spacial score (nSPS) is 10.4. The Bertz CT molecular complexity index is 384. The first-order valence-corrected chi connectivity index (χ1v) is 8.51. The summed E-state index contributed by atoms with van der Waals surface area (Å²) in [4.78, 5) is 0. The number of rotatable bonds is 14. The maximum Gasteiger partial charge on any atom is 0.108 e. The van der Waals surface area contributed by atoms with E-state index in [0.29, 0.717) is 58.8 Å². The van der Waals surface area contributed by atoms with E-state index >= 15 is 0 Å². The monoisotopic (exact) mass is 340 g/mol. The van der Waals surface area contributed by atoms with E-state index in [9.17, 15) is 0 Å². The summed E-state index contributed by atoms with van der Waals surface area (Å²) >= 11 is 0. The summed E-state index contributed by atoms with van der Waals surface area (Å²) < 4.78 is 26.7. The standard InChI is InChI=1S/C19H32O5/c1-18(2)17-23-14-13-22-12-11-20-9-7-5-6-8-10-21-15-16-24-19(3)4/h18-19H,9-17H2,1-4H3. The number of ether oxygens (including phenoxy) is 5. The largest absolute Gasteiger partial charge is 0.379 e. The minimum absolute atomic E-state index is 0.231. The maximum absolute atomic E-state index is 5.40. The van der Waals surface area contributed by atoms with Crippen LogP contribution in [0.5, 0.6) is 0 Å². The Morgan fingerprint density at radius 1 is 0.625 bits per heavy atom. The lowest BCUT2D eigenvalue weighted by Crippen LogP contribution is -2.11. The van der Waals surface area contributed by atoms with Crippen LogP contribution in [0.1, 0.15) is 27.7 Å². The SMILES string of the molecule is CC(C)COCCOCCOCC#CC#CCOCCOC(C)C. The molecule has 0 unspecified atom stereocenters. The van der Waals surface area contributed by atoms with Crippen molar-refractivity contribution in [2.45, 2.75) is 33.8 Å². The molecule has 0 aromatic heterocycles. The minimum atomic E-state index is 0.231.